The highest BCUT2D eigenvalue weighted by molar-refractivity contribution is 5.49. The normalized spacial score (nSPS) is 21.1. The van der Waals surface area contributed by atoms with Crippen molar-refractivity contribution >= 4 is 0 Å². The van der Waals surface area contributed by atoms with Gasteiger partial charge in [0.25, 0.3) is 0 Å². The summed E-state index contributed by atoms with van der Waals surface area (Å²) in [6.07, 6.45) is -0.691. The number of hydrogen-bond donors (Lipinski definition) is 3. The minimum absolute atomic E-state index is 0.136. The lowest BCUT2D eigenvalue weighted by Crippen LogP contribution is -2.25. The number of hydrogen-bond acceptors (Lipinski definition) is 4. The van der Waals surface area contributed by atoms with Gasteiger partial charge in [-0.05, 0) is 36.2 Å². The van der Waals surface area contributed by atoms with Crippen LogP contribution in [-0.2, 0) is 0 Å². The molecule has 0 bridgehead atoms. The van der Waals surface area contributed by atoms with Crippen molar-refractivity contribution in [3.63, 3.8) is 0 Å². The molecule has 104 valence electrons. The summed E-state index contributed by atoms with van der Waals surface area (Å²) in [5.41, 5.74) is 2.43. The summed E-state index contributed by atoms with van der Waals surface area (Å²) in [6, 6.07) is 9.91. The monoisotopic (exact) mass is 272 g/mol. The molecular weight excluding hydrogens is 256 g/mol. The number of benzene rings is 2. The van der Waals surface area contributed by atoms with E-state index in [1.54, 1.807) is 30.3 Å². The zero-order valence-corrected chi connectivity index (χ0v) is 11.1. The molecule has 0 fully saturated rings. The van der Waals surface area contributed by atoms with Crippen LogP contribution in [0.4, 0.5) is 0 Å². The smallest absolute Gasteiger partial charge is 0.129 e. The van der Waals surface area contributed by atoms with Gasteiger partial charge in [-0.1, -0.05) is 12.1 Å². The van der Waals surface area contributed by atoms with E-state index in [1.807, 2.05) is 6.92 Å². The van der Waals surface area contributed by atoms with Gasteiger partial charge in [0.1, 0.15) is 17.2 Å². The average Bonchev–Trinajstić information content (AvgIpc) is 2.39. The summed E-state index contributed by atoms with van der Waals surface area (Å²) < 4.78 is 5.67. The molecule has 1 heterocycles. The van der Waals surface area contributed by atoms with E-state index in [-0.39, 0.29) is 17.4 Å². The summed E-state index contributed by atoms with van der Waals surface area (Å²) in [5, 5.41) is 29.5. The predicted molar refractivity (Wildman–Crippen MR) is 74.1 cm³/mol. The molecule has 0 spiro atoms. The minimum atomic E-state index is -0.691. The van der Waals surface area contributed by atoms with Crippen LogP contribution in [0.1, 0.15) is 28.7 Å². The molecule has 2 aromatic rings. The van der Waals surface area contributed by atoms with Gasteiger partial charge in [0, 0.05) is 17.5 Å². The van der Waals surface area contributed by atoms with Crippen LogP contribution >= 0.6 is 0 Å². The molecule has 1 unspecified atom stereocenters. The van der Waals surface area contributed by atoms with Crippen LogP contribution in [0, 0.1) is 6.92 Å². The van der Waals surface area contributed by atoms with Gasteiger partial charge in [-0.3, -0.25) is 0 Å². The molecule has 3 rings (SSSR count). The van der Waals surface area contributed by atoms with E-state index in [1.165, 1.54) is 6.07 Å². The third kappa shape index (κ3) is 2.08. The molecule has 0 aromatic heterocycles. The molecule has 0 saturated carbocycles. The number of aryl methyl sites for hydroxylation is 1. The van der Waals surface area contributed by atoms with Gasteiger partial charge in [0.15, 0.2) is 0 Å². The van der Waals surface area contributed by atoms with Gasteiger partial charge in [-0.2, -0.15) is 0 Å². The number of fused-ring (bicyclic) bond motifs is 1. The Morgan fingerprint density at radius 1 is 1.05 bits per heavy atom. The van der Waals surface area contributed by atoms with Crippen molar-refractivity contribution in [2.75, 3.05) is 6.61 Å². The van der Waals surface area contributed by atoms with Crippen LogP contribution in [0.15, 0.2) is 36.4 Å². The minimum Gasteiger partial charge on any atom is -0.508 e. The van der Waals surface area contributed by atoms with Gasteiger partial charge < -0.3 is 20.1 Å². The Labute approximate surface area is 116 Å². The summed E-state index contributed by atoms with van der Waals surface area (Å²) in [7, 11) is 0. The van der Waals surface area contributed by atoms with Gasteiger partial charge in [-0.15, -0.1) is 0 Å². The molecule has 1 aliphatic rings. The number of aliphatic hydroxyl groups excluding tert-OH is 1. The highest BCUT2D eigenvalue weighted by Gasteiger charge is 2.32. The van der Waals surface area contributed by atoms with Crippen LogP contribution in [-0.4, -0.2) is 21.9 Å². The first-order valence-electron chi connectivity index (χ1n) is 6.49. The van der Waals surface area contributed by atoms with E-state index in [2.05, 4.69) is 0 Å². The second-order valence-electron chi connectivity index (χ2n) is 5.13. The SMILES string of the molecule is Cc1cc(O)cc2c1[C@H](O)C(c1ccc(O)cc1)CO2. The number of phenols is 2. The molecule has 2 aromatic carbocycles. The Balaban J connectivity index is 2.00. The maximum Gasteiger partial charge on any atom is 0.129 e. The second-order valence-corrected chi connectivity index (χ2v) is 5.13. The molecule has 0 radical (unpaired) electrons. The Hall–Kier alpha value is -2.20. The fraction of sp³-hybridized carbons (Fsp3) is 0.250. The van der Waals surface area contributed by atoms with E-state index in [4.69, 9.17) is 4.74 Å². The number of aromatic hydroxyl groups is 2. The molecule has 0 amide bonds. The Kier molecular flexibility index (Phi) is 3.03. The summed E-state index contributed by atoms with van der Waals surface area (Å²) in [4.78, 5) is 0. The summed E-state index contributed by atoms with van der Waals surface area (Å²) in [6.45, 7) is 2.17. The van der Waals surface area contributed by atoms with E-state index < -0.39 is 6.10 Å². The summed E-state index contributed by atoms with van der Waals surface area (Å²) >= 11 is 0. The average molecular weight is 272 g/mol. The van der Waals surface area contributed by atoms with Crippen molar-refractivity contribution in [2.24, 2.45) is 0 Å². The third-order valence-electron chi connectivity index (χ3n) is 3.75. The van der Waals surface area contributed by atoms with Crippen molar-refractivity contribution in [3.05, 3.63) is 53.1 Å². The van der Waals surface area contributed by atoms with E-state index >= 15 is 0 Å². The van der Waals surface area contributed by atoms with Crippen LogP contribution in [0.5, 0.6) is 17.2 Å². The topological polar surface area (TPSA) is 69.9 Å². The Bertz CT molecular complexity index is 634. The Morgan fingerprint density at radius 3 is 2.45 bits per heavy atom. The lowest BCUT2D eigenvalue weighted by atomic mass is 9.85. The number of ether oxygens (including phenoxy) is 1. The van der Waals surface area contributed by atoms with Crippen LogP contribution in [0.3, 0.4) is 0 Å². The van der Waals surface area contributed by atoms with E-state index in [0.717, 1.165) is 11.1 Å². The summed E-state index contributed by atoms with van der Waals surface area (Å²) in [5.74, 6) is 0.675. The van der Waals surface area contributed by atoms with Gasteiger partial charge in [-0.25, -0.2) is 0 Å². The zero-order chi connectivity index (χ0) is 14.3. The maximum absolute atomic E-state index is 10.6. The zero-order valence-electron chi connectivity index (χ0n) is 11.1. The third-order valence-corrected chi connectivity index (χ3v) is 3.75. The molecule has 0 saturated heterocycles. The standard InChI is InChI=1S/C16H16O4/c1-9-6-12(18)7-14-15(9)16(19)13(8-20-14)10-2-4-11(17)5-3-10/h2-7,13,16-19H,8H2,1H3/t13?,16-/m1/s1. The number of rotatable bonds is 1. The van der Waals surface area contributed by atoms with Gasteiger partial charge >= 0.3 is 0 Å². The Morgan fingerprint density at radius 2 is 1.75 bits per heavy atom. The van der Waals surface area contributed by atoms with Crippen molar-refractivity contribution in [1.82, 2.24) is 0 Å². The van der Waals surface area contributed by atoms with Crippen LogP contribution in [0.2, 0.25) is 0 Å². The quantitative estimate of drug-likeness (QED) is 0.746. The highest BCUT2D eigenvalue weighted by Crippen LogP contribution is 2.43. The molecule has 4 heteroatoms. The molecule has 0 aliphatic carbocycles. The van der Waals surface area contributed by atoms with Gasteiger partial charge in [0.05, 0.1) is 12.7 Å². The van der Waals surface area contributed by atoms with Crippen molar-refractivity contribution in [2.45, 2.75) is 18.9 Å². The van der Waals surface area contributed by atoms with Crippen molar-refractivity contribution < 1.29 is 20.1 Å². The largest absolute Gasteiger partial charge is 0.508 e. The number of phenolic OH excluding ortho intramolecular Hbond substituents is 2. The van der Waals surface area contributed by atoms with Crippen molar-refractivity contribution in [3.8, 4) is 17.2 Å². The molecule has 3 N–H and O–H groups in total. The lowest BCUT2D eigenvalue weighted by Gasteiger charge is -2.32. The fourth-order valence-electron chi connectivity index (χ4n) is 2.72. The fourth-order valence-corrected chi connectivity index (χ4v) is 2.72. The van der Waals surface area contributed by atoms with Crippen LogP contribution in [0.25, 0.3) is 0 Å². The van der Waals surface area contributed by atoms with Crippen LogP contribution < -0.4 is 4.74 Å². The second kappa shape index (κ2) is 4.72. The van der Waals surface area contributed by atoms with Gasteiger partial charge in [0.2, 0.25) is 0 Å². The molecule has 4 nitrogen and oxygen atoms in total. The molecule has 2 atom stereocenters. The number of aliphatic hydroxyl groups is 1. The van der Waals surface area contributed by atoms with E-state index in [0.29, 0.717) is 17.9 Å². The molecular formula is C16H16O4. The van der Waals surface area contributed by atoms with Crippen molar-refractivity contribution in [1.29, 1.82) is 0 Å². The molecule has 1 aliphatic heterocycles. The van der Waals surface area contributed by atoms with E-state index in [9.17, 15) is 15.3 Å². The first-order chi connectivity index (χ1) is 9.56. The predicted octanol–water partition coefficient (Wildman–Crippen LogP) is 2.62. The first kappa shape index (κ1) is 12.8. The maximum atomic E-state index is 10.6. The highest BCUT2D eigenvalue weighted by atomic mass is 16.5. The molecule has 20 heavy (non-hydrogen) atoms. The first-order valence-corrected chi connectivity index (χ1v) is 6.49. The lowest BCUT2D eigenvalue weighted by molar-refractivity contribution is 0.0880.